The van der Waals surface area contributed by atoms with Gasteiger partial charge in [-0.1, -0.05) is 22.0 Å². The summed E-state index contributed by atoms with van der Waals surface area (Å²) >= 11 is 5.00. The van der Waals surface area contributed by atoms with Crippen LogP contribution in [0, 0.1) is 0 Å². The van der Waals surface area contributed by atoms with Crippen LogP contribution in [0.2, 0.25) is 0 Å². The summed E-state index contributed by atoms with van der Waals surface area (Å²) in [7, 11) is 0. The number of hydrogen-bond acceptors (Lipinski definition) is 5. The molecule has 0 atom stereocenters. The predicted octanol–water partition coefficient (Wildman–Crippen LogP) is 3.46. The molecule has 0 aliphatic carbocycles. The minimum Gasteiger partial charge on any atom is -0.324 e. The number of benzene rings is 2. The molecule has 8 heteroatoms. The van der Waals surface area contributed by atoms with E-state index in [1.165, 1.54) is 4.80 Å². The second-order valence-corrected chi connectivity index (χ2v) is 6.73. The Balaban J connectivity index is 1.65. The van der Waals surface area contributed by atoms with E-state index in [4.69, 9.17) is 0 Å². The highest BCUT2D eigenvalue weighted by atomic mass is 79.9. The van der Waals surface area contributed by atoms with Crippen molar-refractivity contribution in [1.29, 1.82) is 0 Å². The number of thioether (sulfide) groups is 1. The molecule has 3 aromatic rings. The van der Waals surface area contributed by atoms with Gasteiger partial charge in [0.25, 0.3) is 0 Å². The standard InChI is InChI=1S/C16H14BrN5OS/c1-24-14-4-2-3-13(9-14)18-15(23)10-22-20-16(19-21-22)11-5-7-12(17)8-6-11/h2-9H,10H2,1H3,(H,18,23). The summed E-state index contributed by atoms with van der Waals surface area (Å²) in [5.41, 5.74) is 1.60. The monoisotopic (exact) mass is 403 g/mol. The zero-order chi connectivity index (χ0) is 16.9. The Hall–Kier alpha value is -2.19. The molecule has 122 valence electrons. The van der Waals surface area contributed by atoms with Gasteiger partial charge in [0, 0.05) is 20.6 Å². The summed E-state index contributed by atoms with van der Waals surface area (Å²) in [5, 5.41) is 15.0. The van der Waals surface area contributed by atoms with Gasteiger partial charge in [-0.2, -0.15) is 4.80 Å². The Bertz CT molecular complexity index is 850. The fourth-order valence-electron chi connectivity index (χ4n) is 2.05. The van der Waals surface area contributed by atoms with Crippen molar-refractivity contribution in [2.45, 2.75) is 11.4 Å². The van der Waals surface area contributed by atoms with Crippen molar-refractivity contribution in [1.82, 2.24) is 20.2 Å². The van der Waals surface area contributed by atoms with Crippen LogP contribution in [0.15, 0.2) is 57.9 Å². The molecular weight excluding hydrogens is 390 g/mol. The maximum atomic E-state index is 12.1. The minimum absolute atomic E-state index is 0.00697. The van der Waals surface area contributed by atoms with Gasteiger partial charge >= 0.3 is 0 Å². The lowest BCUT2D eigenvalue weighted by atomic mass is 10.2. The highest BCUT2D eigenvalue weighted by Gasteiger charge is 2.09. The third kappa shape index (κ3) is 4.21. The molecule has 1 aromatic heterocycles. The van der Waals surface area contributed by atoms with Crippen LogP contribution in [0.1, 0.15) is 0 Å². The normalized spacial score (nSPS) is 10.6. The van der Waals surface area contributed by atoms with E-state index in [9.17, 15) is 4.79 Å². The van der Waals surface area contributed by atoms with Crippen LogP contribution in [-0.2, 0) is 11.3 Å². The molecule has 24 heavy (non-hydrogen) atoms. The first kappa shape index (κ1) is 16.7. The molecule has 1 N–H and O–H groups in total. The summed E-state index contributed by atoms with van der Waals surface area (Å²) in [6.45, 7) is 0.00697. The van der Waals surface area contributed by atoms with Gasteiger partial charge in [-0.25, -0.2) is 0 Å². The summed E-state index contributed by atoms with van der Waals surface area (Å²) in [5.74, 6) is 0.285. The Morgan fingerprint density at radius 3 is 2.79 bits per heavy atom. The molecule has 0 aliphatic rings. The van der Waals surface area contributed by atoms with Gasteiger partial charge < -0.3 is 5.32 Å². The number of carbonyl (C=O) groups is 1. The fraction of sp³-hybridized carbons (Fsp3) is 0.125. The molecule has 0 bridgehead atoms. The quantitative estimate of drug-likeness (QED) is 0.660. The lowest BCUT2D eigenvalue weighted by Gasteiger charge is -2.05. The topological polar surface area (TPSA) is 72.7 Å². The highest BCUT2D eigenvalue weighted by molar-refractivity contribution is 9.10. The van der Waals surface area contributed by atoms with Crippen LogP contribution in [0.3, 0.4) is 0 Å². The van der Waals surface area contributed by atoms with Gasteiger partial charge in [0.1, 0.15) is 6.54 Å². The molecule has 6 nitrogen and oxygen atoms in total. The molecule has 0 saturated carbocycles. The largest absolute Gasteiger partial charge is 0.324 e. The highest BCUT2D eigenvalue weighted by Crippen LogP contribution is 2.19. The number of tetrazole rings is 1. The fourth-order valence-corrected chi connectivity index (χ4v) is 2.78. The smallest absolute Gasteiger partial charge is 0.248 e. The lowest BCUT2D eigenvalue weighted by Crippen LogP contribution is -2.20. The molecule has 0 spiro atoms. The first-order chi connectivity index (χ1) is 11.6. The Morgan fingerprint density at radius 2 is 2.04 bits per heavy atom. The number of aromatic nitrogens is 4. The third-order valence-corrected chi connectivity index (χ3v) is 4.45. The maximum Gasteiger partial charge on any atom is 0.248 e. The van der Waals surface area contributed by atoms with Crippen molar-refractivity contribution in [3.05, 3.63) is 53.0 Å². The first-order valence-electron chi connectivity index (χ1n) is 7.12. The molecular formula is C16H14BrN5OS. The van der Waals surface area contributed by atoms with E-state index < -0.39 is 0 Å². The summed E-state index contributed by atoms with van der Waals surface area (Å²) in [6, 6.07) is 15.2. The first-order valence-corrected chi connectivity index (χ1v) is 9.13. The molecule has 3 rings (SSSR count). The van der Waals surface area contributed by atoms with Crippen LogP contribution in [0.5, 0.6) is 0 Å². The van der Waals surface area contributed by atoms with E-state index in [1.54, 1.807) is 11.8 Å². The summed E-state index contributed by atoms with van der Waals surface area (Å²) in [4.78, 5) is 14.5. The van der Waals surface area contributed by atoms with Gasteiger partial charge in [0.2, 0.25) is 11.7 Å². The summed E-state index contributed by atoms with van der Waals surface area (Å²) < 4.78 is 0.977. The van der Waals surface area contributed by atoms with E-state index >= 15 is 0 Å². The maximum absolute atomic E-state index is 12.1. The van der Waals surface area contributed by atoms with E-state index in [-0.39, 0.29) is 12.5 Å². The molecule has 0 radical (unpaired) electrons. The van der Waals surface area contributed by atoms with Gasteiger partial charge in [-0.3, -0.25) is 4.79 Å². The molecule has 1 heterocycles. The number of rotatable bonds is 5. The van der Waals surface area contributed by atoms with Crippen LogP contribution < -0.4 is 5.32 Å². The Labute approximate surface area is 151 Å². The molecule has 2 aromatic carbocycles. The molecule has 0 saturated heterocycles. The molecule has 0 unspecified atom stereocenters. The third-order valence-electron chi connectivity index (χ3n) is 3.19. The van der Waals surface area contributed by atoms with Crippen molar-refractivity contribution >= 4 is 39.3 Å². The summed E-state index contributed by atoms with van der Waals surface area (Å²) in [6.07, 6.45) is 1.99. The zero-order valence-corrected chi connectivity index (χ0v) is 15.2. The van der Waals surface area contributed by atoms with Gasteiger partial charge in [0.15, 0.2) is 0 Å². The number of amides is 1. The number of halogens is 1. The number of nitrogens with one attached hydrogen (secondary N) is 1. The number of hydrogen-bond donors (Lipinski definition) is 1. The SMILES string of the molecule is CSc1cccc(NC(=O)Cn2nnc(-c3ccc(Br)cc3)n2)c1. The van der Waals surface area contributed by atoms with Gasteiger partial charge in [-0.05, 0) is 53.9 Å². The minimum atomic E-state index is -0.201. The van der Waals surface area contributed by atoms with E-state index in [1.807, 2.05) is 54.8 Å². The van der Waals surface area contributed by atoms with Crippen molar-refractivity contribution in [2.75, 3.05) is 11.6 Å². The number of anilines is 1. The van der Waals surface area contributed by atoms with Crippen molar-refractivity contribution < 1.29 is 4.79 Å². The zero-order valence-electron chi connectivity index (χ0n) is 12.8. The second kappa shape index (κ2) is 7.59. The van der Waals surface area contributed by atoms with Crippen LogP contribution >= 0.6 is 27.7 Å². The molecule has 1 amide bonds. The van der Waals surface area contributed by atoms with Crippen LogP contribution in [0.25, 0.3) is 11.4 Å². The molecule has 0 aliphatic heterocycles. The number of nitrogens with zero attached hydrogens (tertiary/aromatic N) is 4. The van der Waals surface area contributed by atoms with E-state index in [0.717, 1.165) is 20.6 Å². The Morgan fingerprint density at radius 1 is 1.25 bits per heavy atom. The average molecular weight is 404 g/mol. The number of carbonyl (C=O) groups excluding carboxylic acids is 1. The van der Waals surface area contributed by atoms with Crippen molar-refractivity contribution in [3.8, 4) is 11.4 Å². The lowest BCUT2D eigenvalue weighted by molar-refractivity contribution is -0.117. The average Bonchev–Trinajstić information content (AvgIpc) is 3.04. The van der Waals surface area contributed by atoms with Crippen LogP contribution in [0.4, 0.5) is 5.69 Å². The van der Waals surface area contributed by atoms with Gasteiger partial charge in [0.05, 0.1) is 0 Å². The second-order valence-electron chi connectivity index (χ2n) is 4.93. The predicted molar refractivity (Wildman–Crippen MR) is 97.8 cm³/mol. The Kier molecular flexibility index (Phi) is 5.27. The van der Waals surface area contributed by atoms with Crippen molar-refractivity contribution in [2.24, 2.45) is 0 Å². The van der Waals surface area contributed by atoms with Crippen LogP contribution in [-0.4, -0.2) is 32.4 Å². The van der Waals surface area contributed by atoms with Crippen molar-refractivity contribution in [3.63, 3.8) is 0 Å². The van der Waals surface area contributed by atoms with E-state index in [2.05, 4.69) is 36.7 Å². The van der Waals surface area contributed by atoms with Gasteiger partial charge in [-0.15, -0.1) is 22.0 Å². The van der Waals surface area contributed by atoms with E-state index in [0.29, 0.717) is 5.82 Å². The molecule has 0 fully saturated rings.